The van der Waals surface area contributed by atoms with E-state index in [9.17, 15) is 9.59 Å². The third-order valence-corrected chi connectivity index (χ3v) is 4.34. The Kier molecular flexibility index (Phi) is 4.65. The minimum absolute atomic E-state index is 0.00794. The summed E-state index contributed by atoms with van der Waals surface area (Å²) in [4.78, 5) is 26.0. The van der Waals surface area contributed by atoms with Gasteiger partial charge in [0.1, 0.15) is 0 Å². The van der Waals surface area contributed by atoms with Gasteiger partial charge >= 0.3 is 0 Å². The second kappa shape index (κ2) is 6.87. The number of rotatable bonds is 4. The van der Waals surface area contributed by atoms with Crippen LogP contribution < -0.4 is 10.2 Å². The molecule has 2 aromatic carbocycles. The van der Waals surface area contributed by atoms with E-state index in [4.69, 9.17) is 0 Å². The van der Waals surface area contributed by atoms with Gasteiger partial charge in [-0.25, -0.2) is 0 Å². The molecule has 0 saturated carbocycles. The molecule has 0 atom stereocenters. The number of fused-ring (bicyclic) bond motifs is 1. The molecular weight excluding hydrogens is 300 g/mol. The predicted molar refractivity (Wildman–Crippen MR) is 96.8 cm³/mol. The Hall–Kier alpha value is -2.62. The van der Waals surface area contributed by atoms with Crippen LogP contribution in [-0.4, -0.2) is 24.8 Å². The molecule has 1 aliphatic heterocycles. The van der Waals surface area contributed by atoms with Crippen LogP contribution in [0.15, 0.2) is 42.5 Å². The van der Waals surface area contributed by atoms with Gasteiger partial charge in [0.2, 0.25) is 5.91 Å². The first-order chi connectivity index (χ1) is 11.5. The van der Waals surface area contributed by atoms with E-state index >= 15 is 0 Å². The van der Waals surface area contributed by atoms with Gasteiger partial charge in [-0.05, 0) is 50.5 Å². The average molecular weight is 322 g/mol. The highest BCUT2D eigenvalue weighted by atomic mass is 16.2. The maximum absolute atomic E-state index is 12.4. The molecule has 4 heteroatoms. The molecule has 124 valence electrons. The van der Waals surface area contributed by atoms with Gasteiger partial charge in [-0.2, -0.15) is 0 Å². The Morgan fingerprint density at radius 2 is 2.00 bits per heavy atom. The molecule has 1 amide bonds. The Morgan fingerprint density at radius 3 is 2.79 bits per heavy atom. The summed E-state index contributed by atoms with van der Waals surface area (Å²) in [5.74, 6) is -0.0736. The lowest BCUT2D eigenvalue weighted by Crippen LogP contribution is -2.36. The molecule has 1 aliphatic rings. The van der Waals surface area contributed by atoms with Crippen molar-refractivity contribution in [3.63, 3.8) is 0 Å². The fraction of sp³-hybridized carbons (Fsp3) is 0.300. The number of carbonyl (C=O) groups is 2. The minimum atomic E-state index is -0.0656. The first-order valence-corrected chi connectivity index (χ1v) is 8.28. The van der Waals surface area contributed by atoms with Gasteiger partial charge in [0.25, 0.3) is 0 Å². The van der Waals surface area contributed by atoms with Crippen LogP contribution >= 0.6 is 0 Å². The number of nitrogens with zero attached hydrogens (tertiary/aromatic N) is 1. The molecule has 4 nitrogen and oxygen atoms in total. The lowest BCUT2D eigenvalue weighted by atomic mass is 9.99. The van der Waals surface area contributed by atoms with Crippen LogP contribution in [0.1, 0.15) is 34.8 Å². The summed E-state index contributed by atoms with van der Waals surface area (Å²) in [5.41, 5.74) is 4.98. The molecule has 1 heterocycles. The topological polar surface area (TPSA) is 49.4 Å². The van der Waals surface area contributed by atoms with E-state index in [1.54, 1.807) is 24.3 Å². The molecule has 2 aromatic rings. The van der Waals surface area contributed by atoms with E-state index in [0.29, 0.717) is 17.8 Å². The van der Waals surface area contributed by atoms with E-state index in [2.05, 4.69) is 35.3 Å². The van der Waals surface area contributed by atoms with Crippen LogP contribution in [0.25, 0.3) is 0 Å². The van der Waals surface area contributed by atoms with Crippen molar-refractivity contribution in [2.45, 2.75) is 26.7 Å². The van der Waals surface area contributed by atoms with Crippen molar-refractivity contribution < 1.29 is 9.59 Å². The maximum Gasteiger partial charge on any atom is 0.243 e. The number of benzene rings is 2. The second-order valence-corrected chi connectivity index (χ2v) is 6.34. The van der Waals surface area contributed by atoms with Gasteiger partial charge < -0.3 is 10.2 Å². The number of amides is 1. The molecule has 0 aliphatic carbocycles. The number of carbonyl (C=O) groups excluding carboxylic acids is 2. The van der Waals surface area contributed by atoms with Gasteiger partial charge in [-0.3, -0.25) is 9.59 Å². The van der Waals surface area contributed by atoms with Crippen molar-refractivity contribution in [1.82, 2.24) is 0 Å². The highest BCUT2D eigenvalue weighted by Crippen LogP contribution is 2.27. The van der Waals surface area contributed by atoms with Crippen LogP contribution in [-0.2, 0) is 11.2 Å². The van der Waals surface area contributed by atoms with E-state index in [-0.39, 0.29) is 11.7 Å². The van der Waals surface area contributed by atoms with Crippen LogP contribution in [0.2, 0.25) is 0 Å². The number of ketones is 1. The predicted octanol–water partition coefficient (Wildman–Crippen LogP) is 3.59. The number of hydrogen-bond acceptors (Lipinski definition) is 3. The minimum Gasteiger partial charge on any atom is -0.362 e. The van der Waals surface area contributed by atoms with Crippen molar-refractivity contribution >= 4 is 23.1 Å². The SMILES string of the molecule is CC(=O)c1cccc(NC(=O)CN2CCCc3cc(C)ccc32)c1. The summed E-state index contributed by atoms with van der Waals surface area (Å²) in [6, 6.07) is 13.5. The number of aryl methyl sites for hydroxylation is 2. The quantitative estimate of drug-likeness (QED) is 0.875. The zero-order valence-electron chi connectivity index (χ0n) is 14.1. The maximum atomic E-state index is 12.4. The molecule has 0 saturated heterocycles. The summed E-state index contributed by atoms with van der Waals surface area (Å²) in [7, 11) is 0. The van der Waals surface area contributed by atoms with Crippen molar-refractivity contribution in [3.05, 3.63) is 59.2 Å². The summed E-state index contributed by atoms with van der Waals surface area (Å²) in [6.07, 6.45) is 2.12. The van der Waals surface area contributed by atoms with Crippen LogP contribution in [0, 0.1) is 6.92 Å². The lowest BCUT2D eigenvalue weighted by Gasteiger charge is -2.31. The lowest BCUT2D eigenvalue weighted by molar-refractivity contribution is -0.115. The van der Waals surface area contributed by atoms with Crippen LogP contribution in [0.5, 0.6) is 0 Å². The van der Waals surface area contributed by atoms with Gasteiger partial charge in [-0.15, -0.1) is 0 Å². The third kappa shape index (κ3) is 3.65. The highest BCUT2D eigenvalue weighted by molar-refractivity contribution is 5.98. The average Bonchev–Trinajstić information content (AvgIpc) is 2.55. The Labute approximate surface area is 142 Å². The molecule has 24 heavy (non-hydrogen) atoms. The Bertz CT molecular complexity index is 783. The fourth-order valence-corrected chi connectivity index (χ4v) is 3.16. The van der Waals surface area contributed by atoms with Crippen molar-refractivity contribution in [2.75, 3.05) is 23.3 Å². The normalized spacial score (nSPS) is 13.3. The summed E-state index contributed by atoms with van der Waals surface area (Å²) < 4.78 is 0. The largest absolute Gasteiger partial charge is 0.362 e. The molecule has 3 rings (SSSR count). The molecule has 1 N–H and O–H groups in total. The zero-order chi connectivity index (χ0) is 17.1. The number of nitrogens with one attached hydrogen (secondary N) is 1. The standard InChI is InChI=1S/C20H22N2O2/c1-14-8-9-19-17(11-14)6-4-10-22(19)13-20(24)21-18-7-3-5-16(12-18)15(2)23/h3,5,7-9,11-12H,4,6,10,13H2,1-2H3,(H,21,24). The highest BCUT2D eigenvalue weighted by Gasteiger charge is 2.19. The smallest absolute Gasteiger partial charge is 0.243 e. The summed E-state index contributed by atoms with van der Waals surface area (Å²) in [6.45, 7) is 4.82. The van der Waals surface area contributed by atoms with Crippen molar-refractivity contribution in [2.24, 2.45) is 0 Å². The monoisotopic (exact) mass is 322 g/mol. The number of anilines is 2. The van der Waals surface area contributed by atoms with Gasteiger partial charge in [0, 0.05) is 23.5 Å². The van der Waals surface area contributed by atoms with E-state index in [1.807, 2.05) is 0 Å². The molecular formula is C20H22N2O2. The van der Waals surface area contributed by atoms with Gasteiger partial charge in [0.15, 0.2) is 5.78 Å². The molecule has 0 radical (unpaired) electrons. The fourth-order valence-electron chi connectivity index (χ4n) is 3.16. The molecule has 0 aromatic heterocycles. The third-order valence-electron chi connectivity index (χ3n) is 4.34. The second-order valence-electron chi connectivity index (χ2n) is 6.34. The molecule has 0 fully saturated rings. The van der Waals surface area contributed by atoms with E-state index in [0.717, 1.165) is 25.1 Å². The van der Waals surface area contributed by atoms with Crippen LogP contribution in [0.3, 0.4) is 0 Å². The number of hydrogen-bond donors (Lipinski definition) is 1. The summed E-state index contributed by atoms with van der Waals surface area (Å²) >= 11 is 0. The van der Waals surface area contributed by atoms with Crippen molar-refractivity contribution in [1.29, 1.82) is 0 Å². The summed E-state index contributed by atoms with van der Waals surface area (Å²) in [5, 5.41) is 2.89. The van der Waals surface area contributed by atoms with E-state index < -0.39 is 0 Å². The molecule has 0 bridgehead atoms. The first kappa shape index (κ1) is 16.2. The van der Waals surface area contributed by atoms with Crippen LogP contribution in [0.4, 0.5) is 11.4 Å². The molecule has 0 unspecified atom stereocenters. The van der Waals surface area contributed by atoms with E-state index in [1.165, 1.54) is 18.1 Å². The zero-order valence-corrected chi connectivity index (χ0v) is 14.1. The van der Waals surface area contributed by atoms with Gasteiger partial charge in [-0.1, -0.05) is 29.8 Å². The molecule has 0 spiro atoms. The Balaban J connectivity index is 1.70. The Morgan fingerprint density at radius 1 is 1.17 bits per heavy atom. The van der Waals surface area contributed by atoms with Crippen molar-refractivity contribution in [3.8, 4) is 0 Å². The first-order valence-electron chi connectivity index (χ1n) is 8.28. The number of Topliss-reactive ketones (excluding diaryl/α,β-unsaturated/α-hetero) is 1. The van der Waals surface area contributed by atoms with Gasteiger partial charge in [0.05, 0.1) is 6.54 Å².